The minimum Gasteiger partial charge on any atom is -0.377 e. The molecule has 0 radical (unpaired) electrons. The molecule has 0 fully saturated rings. The highest BCUT2D eigenvalue weighted by Crippen LogP contribution is 2.24. The van der Waals surface area contributed by atoms with Crippen molar-refractivity contribution >= 4 is 22.7 Å². The largest absolute Gasteiger partial charge is 0.377 e. The van der Waals surface area contributed by atoms with Crippen molar-refractivity contribution in [2.24, 2.45) is 0 Å². The van der Waals surface area contributed by atoms with Gasteiger partial charge in [0.1, 0.15) is 0 Å². The van der Waals surface area contributed by atoms with Gasteiger partial charge in [0.15, 0.2) is 0 Å². The number of hydrogen-bond acceptors (Lipinski definition) is 5. The van der Waals surface area contributed by atoms with Crippen LogP contribution >= 0.6 is 11.3 Å². The molecule has 18 heavy (non-hydrogen) atoms. The van der Waals surface area contributed by atoms with E-state index in [4.69, 9.17) is 0 Å². The average molecular weight is 267 g/mol. The summed E-state index contributed by atoms with van der Waals surface area (Å²) in [4.78, 5) is 13.9. The second-order valence-electron chi connectivity index (χ2n) is 3.70. The van der Waals surface area contributed by atoms with Crippen LogP contribution in [0, 0.1) is 15.9 Å². The predicted octanol–water partition coefficient (Wildman–Crippen LogP) is 3.36. The number of aromatic nitrogens is 1. The first-order valence-electron chi connectivity index (χ1n) is 5.16. The quantitative estimate of drug-likeness (QED) is 0.681. The fourth-order valence-corrected chi connectivity index (χ4v) is 2.15. The third-order valence-corrected chi connectivity index (χ3v) is 3.03. The maximum absolute atomic E-state index is 13.4. The zero-order valence-electron chi connectivity index (χ0n) is 9.46. The molecule has 0 saturated carbocycles. The van der Waals surface area contributed by atoms with E-state index in [9.17, 15) is 14.5 Å². The molecule has 94 valence electrons. The minimum atomic E-state index is -0.851. The van der Waals surface area contributed by atoms with Crippen molar-refractivity contribution in [3.8, 4) is 0 Å². The lowest BCUT2D eigenvalue weighted by Crippen LogP contribution is -2.07. The Bertz CT molecular complexity index is 559. The van der Waals surface area contributed by atoms with Gasteiger partial charge in [-0.1, -0.05) is 0 Å². The summed E-state index contributed by atoms with van der Waals surface area (Å²) in [7, 11) is 0. The van der Waals surface area contributed by atoms with Crippen LogP contribution in [0.25, 0.3) is 0 Å². The van der Waals surface area contributed by atoms with Crippen LogP contribution < -0.4 is 5.32 Å². The van der Waals surface area contributed by atoms with Crippen LogP contribution in [0.3, 0.4) is 0 Å². The number of hydrogen-bond donors (Lipinski definition) is 1. The van der Waals surface area contributed by atoms with Crippen molar-refractivity contribution in [3.05, 3.63) is 50.7 Å². The molecule has 1 atom stereocenters. The van der Waals surface area contributed by atoms with Crippen LogP contribution in [0.4, 0.5) is 15.8 Å². The lowest BCUT2D eigenvalue weighted by Gasteiger charge is -2.12. The zero-order chi connectivity index (χ0) is 13.1. The summed E-state index contributed by atoms with van der Waals surface area (Å²) < 4.78 is 13.4. The van der Waals surface area contributed by atoms with Crippen LogP contribution in [-0.4, -0.2) is 9.91 Å². The topological polar surface area (TPSA) is 68.1 Å². The van der Waals surface area contributed by atoms with Gasteiger partial charge in [-0.25, -0.2) is 4.98 Å². The van der Waals surface area contributed by atoms with E-state index in [1.54, 1.807) is 5.51 Å². The van der Waals surface area contributed by atoms with Crippen molar-refractivity contribution < 1.29 is 9.31 Å². The van der Waals surface area contributed by atoms with Gasteiger partial charge in [0.05, 0.1) is 22.2 Å². The summed E-state index contributed by atoms with van der Waals surface area (Å²) in [5.41, 5.74) is 2.52. The number of nitro benzene ring substituents is 1. The Morgan fingerprint density at radius 3 is 2.89 bits per heavy atom. The first kappa shape index (κ1) is 12.4. The molecule has 2 rings (SSSR count). The monoisotopic (exact) mass is 267 g/mol. The van der Waals surface area contributed by atoms with E-state index in [0.717, 1.165) is 17.8 Å². The molecule has 1 aromatic carbocycles. The minimum absolute atomic E-state index is 0.0860. The molecule has 0 spiro atoms. The van der Waals surface area contributed by atoms with Crippen LogP contribution in [0.1, 0.15) is 18.7 Å². The van der Waals surface area contributed by atoms with E-state index in [1.165, 1.54) is 17.4 Å². The molecule has 5 nitrogen and oxygen atoms in total. The highest BCUT2D eigenvalue weighted by Gasteiger charge is 2.15. The van der Waals surface area contributed by atoms with Crippen molar-refractivity contribution in [1.82, 2.24) is 4.98 Å². The van der Waals surface area contributed by atoms with E-state index >= 15 is 0 Å². The van der Waals surface area contributed by atoms with Gasteiger partial charge in [-0.15, -0.1) is 11.3 Å². The van der Waals surface area contributed by atoms with Gasteiger partial charge in [0, 0.05) is 23.2 Å². The van der Waals surface area contributed by atoms with Gasteiger partial charge in [-0.05, 0) is 13.0 Å². The van der Waals surface area contributed by atoms with Crippen LogP contribution in [0.15, 0.2) is 29.1 Å². The van der Waals surface area contributed by atoms with E-state index < -0.39 is 16.4 Å². The Labute approximate surface area is 106 Å². The summed E-state index contributed by atoms with van der Waals surface area (Å²) in [5.74, 6) is -0.851. The zero-order valence-corrected chi connectivity index (χ0v) is 10.3. The summed E-state index contributed by atoms with van der Waals surface area (Å²) >= 11 is 1.47. The molecule has 2 aromatic rings. The predicted molar refractivity (Wildman–Crippen MR) is 67.2 cm³/mol. The molecule has 7 heteroatoms. The second kappa shape index (κ2) is 5.09. The van der Waals surface area contributed by atoms with E-state index in [2.05, 4.69) is 10.3 Å². The summed E-state index contributed by atoms with van der Waals surface area (Å²) in [6, 6.07) is 3.65. The molecular weight excluding hydrogens is 257 g/mol. The molecule has 0 saturated heterocycles. The fourth-order valence-electron chi connectivity index (χ4n) is 1.50. The molecule has 1 aromatic heterocycles. The fraction of sp³-hybridized carbons (Fsp3) is 0.182. The van der Waals surface area contributed by atoms with Crippen molar-refractivity contribution in [2.45, 2.75) is 13.0 Å². The number of nitrogens with zero attached hydrogens (tertiary/aromatic N) is 2. The molecule has 0 amide bonds. The molecule has 0 aliphatic rings. The molecule has 0 aliphatic heterocycles. The Morgan fingerprint density at radius 2 is 2.33 bits per heavy atom. The number of thiazole rings is 1. The van der Waals surface area contributed by atoms with Crippen molar-refractivity contribution in [3.63, 3.8) is 0 Å². The van der Waals surface area contributed by atoms with Gasteiger partial charge < -0.3 is 5.32 Å². The van der Waals surface area contributed by atoms with Gasteiger partial charge in [-0.2, -0.15) is 4.39 Å². The van der Waals surface area contributed by atoms with Gasteiger partial charge in [0.2, 0.25) is 5.82 Å². The highest BCUT2D eigenvalue weighted by atomic mass is 32.1. The summed E-state index contributed by atoms with van der Waals surface area (Å²) in [6.45, 7) is 1.88. The smallest absolute Gasteiger partial charge is 0.304 e. The lowest BCUT2D eigenvalue weighted by atomic mass is 10.2. The van der Waals surface area contributed by atoms with Gasteiger partial charge in [0.25, 0.3) is 0 Å². The number of anilines is 1. The molecule has 1 heterocycles. The maximum Gasteiger partial charge on any atom is 0.304 e. The van der Waals surface area contributed by atoms with E-state index in [-0.39, 0.29) is 6.04 Å². The average Bonchev–Trinajstić information content (AvgIpc) is 2.81. The summed E-state index contributed by atoms with van der Waals surface area (Å²) in [5, 5.41) is 15.4. The Balaban J connectivity index is 2.15. The highest BCUT2D eigenvalue weighted by molar-refractivity contribution is 7.07. The van der Waals surface area contributed by atoms with E-state index in [0.29, 0.717) is 5.69 Å². The number of halogens is 1. The van der Waals surface area contributed by atoms with Crippen molar-refractivity contribution in [2.75, 3.05) is 5.32 Å². The van der Waals surface area contributed by atoms with Crippen molar-refractivity contribution in [1.29, 1.82) is 0 Å². The first-order chi connectivity index (χ1) is 8.58. The van der Waals surface area contributed by atoms with Crippen LogP contribution in [0.2, 0.25) is 0 Å². The van der Waals surface area contributed by atoms with Gasteiger partial charge >= 0.3 is 5.69 Å². The van der Waals surface area contributed by atoms with E-state index in [1.807, 2.05) is 12.3 Å². The third kappa shape index (κ3) is 2.62. The number of nitrogens with one attached hydrogen (secondary N) is 1. The molecule has 1 N–H and O–H groups in total. The number of benzene rings is 1. The second-order valence-corrected chi connectivity index (χ2v) is 4.42. The molecule has 1 unspecified atom stereocenters. The first-order valence-corrected chi connectivity index (χ1v) is 6.11. The third-order valence-electron chi connectivity index (χ3n) is 2.42. The van der Waals surface area contributed by atoms with Gasteiger partial charge in [-0.3, -0.25) is 10.1 Å². The SMILES string of the molecule is CC(Nc1ccc([N+](=O)[O-])c(F)c1)c1cscn1. The molecule has 0 aliphatic carbocycles. The molecule has 0 bridgehead atoms. The normalized spacial score (nSPS) is 12.1. The van der Waals surface area contributed by atoms with Crippen LogP contribution in [0.5, 0.6) is 0 Å². The van der Waals surface area contributed by atoms with Crippen LogP contribution in [-0.2, 0) is 0 Å². The maximum atomic E-state index is 13.4. The number of nitro groups is 1. The molecular formula is C11H10FN3O2S. The summed E-state index contributed by atoms with van der Waals surface area (Å²) in [6.07, 6.45) is 0. The number of rotatable bonds is 4. The Kier molecular flexibility index (Phi) is 3.52. The standard InChI is InChI=1S/C11H10FN3O2S/c1-7(10-5-18-6-13-10)14-8-2-3-11(15(16)17)9(12)4-8/h2-7,14H,1H3. The lowest BCUT2D eigenvalue weighted by molar-refractivity contribution is -0.387. The Hall–Kier alpha value is -2.02. The Morgan fingerprint density at radius 1 is 1.56 bits per heavy atom.